The van der Waals surface area contributed by atoms with Gasteiger partial charge in [-0.05, 0) is 61.2 Å². The van der Waals surface area contributed by atoms with Crippen LogP contribution in [-0.4, -0.2) is 11.6 Å². The minimum Gasteiger partial charge on any atom is -0.300 e. The third-order valence-electron chi connectivity index (χ3n) is 8.37. The highest BCUT2D eigenvalue weighted by Gasteiger charge is 2.63. The van der Waals surface area contributed by atoms with Gasteiger partial charge in [0, 0.05) is 24.7 Å². The first-order valence-electron chi connectivity index (χ1n) is 9.35. The fourth-order valence-corrected chi connectivity index (χ4v) is 7.05. The molecular formula is C20H27NO2. The summed E-state index contributed by atoms with van der Waals surface area (Å²) in [6.45, 7) is 4.54. The van der Waals surface area contributed by atoms with Gasteiger partial charge in [-0.3, -0.25) is 9.59 Å². The van der Waals surface area contributed by atoms with Crippen molar-refractivity contribution in [1.82, 2.24) is 0 Å². The van der Waals surface area contributed by atoms with Gasteiger partial charge >= 0.3 is 0 Å². The molecule has 4 rings (SSSR count). The average molecular weight is 313 g/mol. The van der Waals surface area contributed by atoms with E-state index in [1.165, 1.54) is 0 Å². The Balaban J connectivity index is 1.70. The summed E-state index contributed by atoms with van der Waals surface area (Å²) >= 11 is 0. The summed E-state index contributed by atoms with van der Waals surface area (Å²) in [4.78, 5) is 24.5. The first-order valence-corrected chi connectivity index (χ1v) is 9.35. The highest BCUT2D eigenvalue weighted by molar-refractivity contribution is 5.88. The number of ketones is 2. The molecular weight excluding hydrogens is 286 g/mol. The maximum absolute atomic E-state index is 12.6. The lowest BCUT2D eigenvalue weighted by Gasteiger charge is -2.59. The zero-order valence-corrected chi connectivity index (χ0v) is 14.3. The van der Waals surface area contributed by atoms with Crippen molar-refractivity contribution in [3.63, 3.8) is 0 Å². The van der Waals surface area contributed by atoms with Crippen LogP contribution < -0.4 is 0 Å². The fraction of sp³-hybridized carbons (Fsp3) is 0.850. The number of fused-ring (bicyclic) bond motifs is 5. The van der Waals surface area contributed by atoms with E-state index in [-0.39, 0.29) is 22.7 Å². The van der Waals surface area contributed by atoms with E-state index >= 15 is 0 Å². The van der Waals surface area contributed by atoms with Crippen molar-refractivity contribution in [3.05, 3.63) is 0 Å². The fourth-order valence-electron chi connectivity index (χ4n) is 7.05. The number of Topliss-reactive ketones (excluding diaryl/α,β-unsaturated/α-hetero) is 2. The van der Waals surface area contributed by atoms with Crippen molar-refractivity contribution >= 4 is 11.6 Å². The lowest BCUT2D eigenvalue weighted by molar-refractivity contribution is -0.145. The average Bonchev–Trinajstić information content (AvgIpc) is 2.79. The molecule has 0 radical (unpaired) electrons. The molecule has 4 aliphatic carbocycles. The minimum absolute atomic E-state index is 0.0781. The Morgan fingerprint density at radius 1 is 1.09 bits per heavy atom. The molecule has 3 nitrogen and oxygen atoms in total. The zero-order chi connectivity index (χ0) is 16.4. The van der Waals surface area contributed by atoms with Gasteiger partial charge in [0.25, 0.3) is 0 Å². The van der Waals surface area contributed by atoms with Gasteiger partial charge in [0.05, 0.1) is 12.0 Å². The molecule has 0 bridgehead atoms. The van der Waals surface area contributed by atoms with Gasteiger partial charge < -0.3 is 0 Å². The quantitative estimate of drug-likeness (QED) is 0.681. The monoisotopic (exact) mass is 313 g/mol. The second-order valence-corrected chi connectivity index (χ2v) is 9.14. The number of hydrogen-bond acceptors (Lipinski definition) is 3. The van der Waals surface area contributed by atoms with Crippen LogP contribution in [0.25, 0.3) is 0 Å². The van der Waals surface area contributed by atoms with Crippen LogP contribution in [0.15, 0.2) is 0 Å². The van der Waals surface area contributed by atoms with Crippen LogP contribution in [0.2, 0.25) is 0 Å². The standard InChI is InChI=1S/C20H27NO2/c1-19-7-5-14(22)10-13(19)3-4-15-16(19)6-8-20(2)17(23)9-12(11-21)18(15)20/h12-13,15-16,18H,3-10H2,1-2H3/t12?,13-,15+,16-,18-,19-,20+/m0/s1. The molecule has 3 heteroatoms. The van der Waals surface area contributed by atoms with Crippen molar-refractivity contribution in [1.29, 1.82) is 5.26 Å². The summed E-state index contributed by atoms with van der Waals surface area (Å²) < 4.78 is 0. The molecule has 1 unspecified atom stereocenters. The maximum Gasteiger partial charge on any atom is 0.140 e. The van der Waals surface area contributed by atoms with Crippen LogP contribution >= 0.6 is 0 Å². The van der Waals surface area contributed by atoms with E-state index in [9.17, 15) is 14.9 Å². The molecule has 124 valence electrons. The number of hydrogen-bond donors (Lipinski definition) is 0. The molecule has 4 saturated carbocycles. The lowest BCUT2D eigenvalue weighted by atomic mass is 9.44. The molecule has 0 amide bonds. The third kappa shape index (κ3) is 1.93. The summed E-state index contributed by atoms with van der Waals surface area (Å²) in [5.74, 6) is 2.61. The zero-order valence-electron chi connectivity index (χ0n) is 14.3. The summed E-state index contributed by atoms with van der Waals surface area (Å²) in [6.07, 6.45) is 7.29. The first-order chi connectivity index (χ1) is 10.9. The highest BCUT2D eigenvalue weighted by atomic mass is 16.1. The van der Waals surface area contributed by atoms with Gasteiger partial charge in [0.1, 0.15) is 11.6 Å². The topological polar surface area (TPSA) is 57.9 Å². The Morgan fingerprint density at radius 3 is 2.61 bits per heavy atom. The highest BCUT2D eigenvalue weighted by Crippen LogP contribution is 2.66. The predicted molar refractivity (Wildman–Crippen MR) is 86.2 cm³/mol. The van der Waals surface area contributed by atoms with Crippen LogP contribution in [0.4, 0.5) is 0 Å². The van der Waals surface area contributed by atoms with Crippen molar-refractivity contribution in [2.45, 2.75) is 65.2 Å². The van der Waals surface area contributed by atoms with Gasteiger partial charge in [-0.25, -0.2) is 0 Å². The van der Waals surface area contributed by atoms with Gasteiger partial charge in [-0.2, -0.15) is 5.26 Å². The molecule has 7 atom stereocenters. The molecule has 0 aromatic carbocycles. The van der Waals surface area contributed by atoms with Gasteiger partial charge in [0.15, 0.2) is 0 Å². The van der Waals surface area contributed by atoms with E-state index in [0.29, 0.717) is 35.7 Å². The number of rotatable bonds is 0. The molecule has 23 heavy (non-hydrogen) atoms. The maximum atomic E-state index is 12.6. The van der Waals surface area contributed by atoms with Crippen LogP contribution in [0.1, 0.15) is 65.2 Å². The van der Waals surface area contributed by atoms with Gasteiger partial charge in [-0.15, -0.1) is 0 Å². The Labute approximate surface area is 138 Å². The smallest absolute Gasteiger partial charge is 0.140 e. The minimum atomic E-state index is -0.255. The van der Waals surface area contributed by atoms with Crippen LogP contribution in [-0.2, 0) is 9.59 Å². The van der Waals surface area contributed by atoms with Crippen molar-refractivity contribution < 1.29 is 9.59 Å². The van der Waals surface area contributed by atoms with E-state index in [2.05, 4.69) is 19.9 Å². The lowest BCUT2D eigenvalue weighted by Crippen LogP contribution is -2.54. The van der Waals surface area contributed by atoms with E-state index in [0.717, 1.165) is 44.9 Å². The Morgan fingerprint density at radius 2 is 1.87 bits per heavy atom. The van der Waals surface area contributed by atoms with Gasteiger partial charge in [-0.1, -0.05) is 13.8 Å². The summed E-state index contributed by atoms with van der Waals surface area (Å²) in [6, 6.07) is 2.47. The molecule has 0 heterocycles. The molecule has 0 saturated heterocycles. The summed E-state index contributed by atoms with van der Waals surface area (Å²) in [7, 11) is 0. The van der Waals surface area contributed by atoms with Crippen molar-refractivity contribution in [2.75, 3.05) is 0 Å². The molecule has 4 aliphatic rings. The first kappa shape index (κ1) is 15.4. The number of nitrogens with zero attached hydrogens (tertiary/aromatic N) is 1. The second-order valence-electron chi connectivity index (χ2n) is 9.14. The van der Waals surface area contributed by atoms with E-state index in [1.807, 2.05) is 0 Å². The van der Waals surface area contributed by atoms with Crippen LogP contribution in [0.5, 0.6) is 0 Å². The second kappa shape index (κ2) is 4.91. The van der Waals surface area contributed by atoms with Crippen molar-refractivity contribution in [2.24, 2.45) is 40.4 Å². The normalized spacial score (nSPS) is 52.3. The number of nitriles is 1. The van der Waals surface area contributed by atoms with E-state index in [1.54, 1.807) is 0 Å². The molecule has 0 aliphatic heterocycles. The predicted octanol–water partition coefficient (Wildman–Crippen LogP) is 3.92. The van der Waals surface area contributed by atoms with Crippen LogP contribution in [0.3, 0.4) is 0 Å². The molecule has 0 spiro atoms. The molecule has 0 aromatic rings. The molecule has 4 fully saturated rings. The van der Waals surface area contributed by atoms with E-state index in [4.69, 9.17) is 0 Å². The molecule has 0 aromatic heterocycles. The Hall–Kier alpha value is -1.17. The Bertz CT molecular complexity index is 605. The van der Waals surface area contributed by atoms with Crippen molar-refractivity contribution in [3.8, 4) is 6.07 Å². The summed E-state index contributed by atoms with van der Waals surface area (Å²) in [5, 5.41) is 9.61. The largest absolute Gasteiger partial charge is 0.300 e. The van der Waals surface area contributed by atoms with E-state index < -0.39 is 0 Å². The third-order valence-corrected chi connectivity index (χ3v) is 8.37. The van der Waals surface area contributed by atoms with Crippen LogP contribution in [0, 0.1) is 51.8 Å². The SMILES string of the molecule is C[C@]12CCC(=O)C[C@@H]1CC[C@@H]1[C@@H]2CC[C@]2(C)C(=O)CC(C#N)[C@@H]12. The molecule has 0 N–H and O–H groups in total. The van der Waals surface area contributed by atoms with Gasteiger partial charge in [0.2, 0.25) is 0 Å². The number of carbonyl (C=O) groups is 2. The summed E-state index contributed by atoms with van der Waals surface area (Å²) in [5.41, 5.74) is -0.000946. The Kier molecular flexibility index (Phi) is 3.28. The number of carbonyl (C=O) groups excluding carboxylic acids is 2.